The van der Waals surface area contributed by atoms with Gasteiger partial charge in [0.2, 0.25) is 0 Å². The van der Waals surface area contributed by atoms with Gasteiger partial charge in [-0.1, -0.05) is 0 Å². The van der Waals surface area contributed by atoms with Crippen molar-refractivity contribution >= 4 is 5.78 Å². The molecular formula is C5H9O3. The summed E-state index contributed by atoms with van der Waals surface area (Å²) in [6.07, 6.45) is 0.0625. The quantitative estimate of drug-likeness (QED) is 0.505. The largest absolute Gasteiger partial charge is 0.394 e. The number of Topliss-reactive ketones (excluding diaryl/α,β-unsaturated/α-hetero) is 1. The lowest BCUT2D eigenvalue weighted by Gasteiger charge is -1.99. The topological polar surface area (TPSA) is 57.5 Å². The summed E-state index contributed by atoms with van der Waals surface area (Å²) < 4.78 is 0. The van der Waals surface area contributed by atoms with Crippen molar-refractivity contribution in [2.24, 2.45) is 0 Å². The standard InChI is InChI=1S/C5H9O3/c1-4(7)2-5(8)3-6/h2,5-6,8H,3H2,1H3. The van der Waals surface area contributed by atoms with E-state index in [0.717, 1.165) is 6.42 Å². The van der Waals surface area contributed by atoms with Crippen molar-refractivity contribution in [2.75, 3.05) is 6.61 Å². The van der Waals surface area contributed by atoms with Crippen molar-refractivity contribution < 1.29 is 15.0 Å². The molecule has 1 atom stereocenters. The molecule has 47 valence electrons. The van der Waals surface area contributed by atoms with Gasteiger partial charge in [-0.25, -0.2) is 0 Å². The van der Waals surface area contributed by atoms with E-state index in [1.807, 2.05) is 0 Å². The van der Waals surface area contributed by atoms with Crippen LogP contribution in [0.3, 0.4) is 0 Å². The van der Waals surface area contributed by atoms with Crippen LogP contribution in [0, 0.1) is 6.42 Å². The van der Waals surface area contributed by atoms with Gasteiger partial charge in [-0.15, -0.1) is 0 Å². The summed E-state index contributed by atoms with van der Waals surface area (Å²) in [6, 6.07) is 0. The molecule has 0 rings (SSSR count). The predicted octanol–water partition coefficient (Wildman–Crippen LogP) is -0.867. The first-order valence-electron chi connectivity index (χ1n) is 2.31. The molecule has 0 amide bonds. The SMILES string of the molecule is CC(=O)[CH]C(O)CO. The molecule has 1 unspecified atom stereocenters. The van der Waals surface area contributed by atoms with E-state index >= 15 is 0 Å². The van der Waals surface area contributed by atoms with Gasteiger partial charge in [0, 0.05) is 0 Å². The summed E-state index contributed by atoms with van der Waals surface area (Å²) >= 11 is 0. The Kier molecular flexibility index (Phi) is 3.39. The lowest BCUT2D eigenvalue weighted by atomic mass is 10.2. The zero-order valence-corrected chi connectivity index (χ0v) is 4.66. The van der Waals surface area contributed by atoms with E-state index in [9.17, 15) is 4.79 Å². The van der Waals surface area contributed by atoms with Crippen LogP contribution in [-0.2, 0) is 4.79 Å². The van der Waals surface area contributed by atoms with Gasteiger partial charge in [-0.05, 0) is 6.92 Å². The predicted molar refractivity (Wildman–Crippen MR) is 28.1 cm³/mol. The van der Waals surface area contributed by atoms with Crippen molar-refractivity contribution in [3.8, 4) is 0 Å². The molecule has 0 aliphatic carbocycles. The van der Waals surface area contributed by atoms with Crippen molar-refractivity contribution in [1.29, 1.82) is 0 Å². The number of aliphatic hydroxyl groups is 2. The smallest absolute Gasteiger partial charge is 0.136 e. The number of aliphatic hydroxyl groups excluding tert-OH is 2. The maximum Gasteiger partial charge on any atom is 0.136 e. The molecule has 3 nitrogen and oxygen atoms in total. The molecule has 0 spiro atoms. The minimum atomic E-state index is -0.993. The fraction of sp³-hybridized carbons (Fsp3) is 0.600. The lowest BCUT2D eigenvalue weighted by molar-refractivity contribution is -0.115. The molecule has 2 N–H and O–H groups in total. The Morgan fingerprint density at radius 3 is 2.50 bits per heavy atom. The Bertz CT molecular complexity index is 79.7. The van der Waals surface area contributed by atoms with Crippen molar-refractivity contribution in [1.82, 2.24) is 0 Å². The second-order valence-electron chi connectivity index (χ2n) is 1.53. The molecule has 0 aromatic heterocycles. The van der Waals surface area contributed by atoms with E-state index in [2.05, 4.69) is 0 Å². The number of rotatable bonds is 3. The van der Waals surface area contributed by atoms with Crippen LogP contribution in [-0.4, -0.2) is 28.7 Å². The summed E-state index contributed by atoms with van der Waals surface area (Å²) in [5.41, 5.74) is 0. The molecule has 0 bridgehead atoms. The summed E-state index contributed by atoms with van der Waals surface area (Å²) in [4.78, 5) is 10.1. The first kappa shape index (κ1) is 7.59. The van der Waals surface area contributed by atoms with Crippen LogP contribution < -0.4 is 0 Å². The molecule has 0 saturated heterocycles. The van der Waals surface area contributed by atoms with Crippen LogP contribution >= 0.6 is 0 Å². The fourth-order valence-corrected chi connectivity index (χ4v) is 0.324. The molecule has 1 radical (unpaired) electrons. The second-order valence-corrected chi connectivity index (χ2v) is 1.53. The monoisotopic (exact) mass is 117 g/mol. The Hall–Kier alpha value is -0.410. The minimum absolute atomic E-state index is 0.230. The third-order valence-electron chi connectivity index (χ3n) is 0.614. The van der Waals surface area contributed by atoms with Crippen LogP contribution in [0.25, 0.3) is 0 Å². The van der Waals surface area contributed by atoms with E-state index in [4.69, 9.17) is 10.2 Å². The van der Waals surface area contributed by atoms with Crippen molar-refractivity contribution in [3.63, 3.8) is 0 Å². The van der Waals surface area contributed by atoms with Gasteiger partial charge in [0.05, 0.1) is 19.1 Å². The average molecular weight is 117 g/mol. The van der Waals surface area contributed by atoms with Gasteiger partial charge in [-0.3, -0.25) is 4.79 Å². The Balaban J connectivity index is 3.24. The maximum atomic E-state index is 10.1. The highest BCUT2D eigenvalue weighted by Crippen LogP contribution is 1.87. The van der Waals surface area contributed by atoms with E-state index < -0.39 is 6.10 Å². The number of carbonyl (C=O) groups is 1. The Morgan fingerprint density at radius 1 is 1.88 bits per heavy atom. The van der Waals surface area contributed by atoms with Crippen LogP contribution in [0.1, 0.15) is 6.92 Å². The minimum Gasteiger partial charge on any atom is -0.394 e. The van der Waals surface area contributed by atoms with Gasteiger partial charge in [-0.2, -0.15) is 0 Å². The van der Waals surface area contributed by atoms with Gasteiger partial charge in [0.25, 0.3) is 0 Å². The number of ketones is 1. The number of hydrogen-bond acceptors (Lipinski definition) is 3. The number of hydrogen-bond donors (Lipinski definition) is 2. The molecule has 0 fully saturated rings. The summed E-state index contributed by atoms with van der Waals surface area (Å²) in [5, 5.41) is 16.7. The maximum absolute atomic E-state index is 10.1. The van der Waals surface area contributed by atoms with Crippen molar-refractivity contribution in [2.45, 2.75) is 13.0 Å². The summed E-state index contributed by atoms with van der Waals surface area (Å²) in [7, 11) is 0. The van der Waals surface area contributed by atoms with E-state index in [-0.39, 0.29) is 12.4 Å². The first-order chi connectivity index (χ1) is 3.66. The second kappa shape index (κ2) is 3.57. The van der Waals surface area contributed by atoms with E-state index in [1.54, 1.807) is 0 Å². The molecule has 0 heterocycles. The molecule has 0 aliphatic rings. The van der Waals surface area contributed by atoms with Gasteiger partial charge < -0.3 is 10.2 Å². The molecule has 0 saturated carbocycles. The highest BCUT2D eigenvalue weighted by atomic mass is 16.3. The first-order valence-corrected chi connectivity index (χ1v) is 2.31. The molecule has 0 aromatic carbocycles. The highest BCUT2D eigenvalue weighted by molar-refractivity contribution is 5.85. The zero-order valence-electron chi connectivity index (χ0n) is 4.66. The van der Waals surface area contributed by atoms with Crippen LogP contribution in [0.2, 0.25) is 0 Å². The molecule has 0 aromatic rings. The Labute approximate surface area is 47.9 Å². The fourth-order valence-electron chi connectivity index (χ4n) is 0.324. The molecule has 3 heteroatoms. The van der Waals surface area contributed by atoms with Gasteiger partial charge in [0.15, 0.2) is 0 Å². The third-order valence-corrected chi connectivity index (χ3v) is 0.614. The molecule has 0 aliphatic heterocycles. The van der Waals surface area contributed by atoms with Crippen LogP contribution in [0.15, 0.2) is 0 Å². The normalized spacial score (nSPS) is 13.4. The Morgan fingerprint density at radius 2 is 2.38 bits per heavy atom. The van der Waals surface area contributed by atoms with Crippen LogP contribution in [0.5, 0.6) is 0 Å². The number of carbonyl (C=O) groups excluding carboxylic acids is 1. The average Bonchev–Trinajstić information content (AvgIpc) is 1.65. The third kappa shape index (κ3) is 3.77. The highest BCUT2D eigenvalue weighted by Gasteiger charge is 2.03. The van der Waals surface area contributed by atoms with Crippen LogP contribution in [0.4, 0.5) is 0 Å². The summed E-state index contributed by atoms with van der Waals surface area (Å²) in [5.74, 6) is -0.230. The van der Waals surface area contributed by atoms with E-state index in [1.165, 1.54) is 6.92 Å². The zero-order chi connectivity index (χ0) is 6.57. The van der Waals surface area contributed by atoms with Gasteiger partial charge in [0.1, 0.15) is 5.78 Å². The lowest BCUT2D eigenvalue weighted by Crippen LogP contribution is -2.16. The van der Waals surface area contributed by atoms with Crippen molar-refractivity contribution in [3.05, 3.63) is 6.42 Å². The molecular weight excluding hydrogens is 108 g/mol. The molecule has 8 heavy (non-hydrogen) atoms. The summed E-state index contributed by atoms with van der Waals surface area (Å²) in [6.45, 7) is 0.929. The van der Waals surface area contributed by atoms with E-state index in [0.29, 0.717) is 0 Å². The van der Waals surface area contributed by atoms with Gasteiger partial charge >= 0.3 is 0 Å².